The molecule has 0 fully saturated rings. The third kappa shape index (κ3) is 19.4. The van der Waals surface area contributed by atoms with Gasteiger partial charge in [0.25, 0.3) is 0 Å². The fourth-order valence-electron chi connectivity index (χ4n) is 0.321. The molecule has 0 bridgehead atoms. The minimum atomic E-state index is -3.45. The molecule has 0 radical (unpaired) electrons. The molecule has 2 nitrogen and oxygen atoms in total. The first kappa shape index (κ1) is 19.5. The van der Waals surface area contributed by atoms with Crippen LogP contribution in [0.3, 0.4) is 0 Å². The van der Waals surface area contributed by atoms with Crippen molar-refractivity contribution in [1.82, 2.24) is 0 Å². The SMILES string of the molecule is CCCCSP([O-])([O-])=S.[Na+].[Na+]. The van der Waals surface area contributed by atoms with Gasteiger partial charge in [0.1, 0.15) is 0 Å². The van der Waals surface area contributed by atoms with Gasteiger partial charge in [-0.05, 0) is 12.2 Å². The van der Waals surface area contributed by atoms with E-state index in [-0.39, 0.29) is 59.1 Å². The molecule has 0 heterocycles. The second kappa shape index (κ2) is 11.0. The van der Waals surface area contributed by atoms with Crippen molar-refractivity contribution in [2.24, 2.45) is 0 Å². The van der Waals surface area contributed by atoms with Crippen molar-refractivity contribution < 1.29 is 68.9 Å². The summed E-state index contributed by atoms with van der Waals surface area (Å²) in [6, 6.07) is 0. The van der Waals surface area contributed by atoms with Gasteiger partial charge in [-0.1, -0.05) is 13.3 Å². The maximum Gasteiger partial charge on any atom is 1.00 e. The van der Waals surface area contributed by atoms with Crippen LogP contribution in [-0.4, -0.2) is 5.75 Å². The second-order valence-corrected chi connectivity index (χ2v) is 7.55. The normalized spacial score (nSPS) is 9.73. The quantitative estimate of drug-likeness (QED) is 0.274. The molecule has 0 unspecified atom stereocenters. The summed E-state index contributed by atoms with van der Waals surface area (Å²) in [5.41, 5.74) is -3.45. The first-order chi connectivity index (χ1) is 4.06. The molecule has 0 aliphatic carbocycles. The summed E-state index contributed by atoms with van der Waals surface area (Å²) in [6.07, 6.45) is 1.94. The minimum Gasteiger partial charge on any atom is -0.825 e. The molecule has 0 rings (SSSR count). The molecule has 0 atom stereocenters. The molecule has 0 aromatic carbocycles. The molecule has 0 saturated heterocycles. The van der Waals surface area contributed by atoms with E-state index in [1.165, 1.54) is 0 Å². The van der Waals surface area contributed by atoms with Crippen LogP contribution in [0, 0.1) is 0 Å². The standard InChI is InChI=1S/C4H11O2PS2.2Na/c1-2-3-4-9-7(5,6)8;;/h2-4H2,1H3,(H2,5,6,8);;/q;2*+1/p-2. The molecule has 56 valence electrons. The van der Waals surface area contributed by atoms with Crippen molar-refractivity contribution >= 4 is 28.9 Å². The number of hydrogen-bond acceptors (Lipinski definition) is 4. The molecule has 0 N–H and O–H groups in total. The summed E-state index contributed by atoms with van der Waals surface area (Å²) < 4.78 is 0. The van der Waals surface area contributed by atoms with Crippen LogP contribution in [0.15, 0.2) is 0 Å². The van der Waals surface area contributed by atoms with E-state index in [0.717, 1.165) is 24.2 Å². The van der Waals surface area contributed by atoms with Crippen molar-refractivity contribution in [3.63, 3.8) is 0 Å². The van der Waals surface area contributed by atoms with E-state index in [4.69, 9.17) is 0 Å². The maximum atomic E-state index is 10.3. The molecule has 7 heteroatoms. The molecule has 11 heavy (non-hydrogen) atoms. The molecule has 0 aromatic heterocycles. The summed E-state index contributed by atoms with van der Waals surface area (Å²) in [7, 11) is 0. The van der Waals surface area contributed by atoms with Gasteiger partial charge in [0.05, 0.1) is 0 Å². The summed E-state index contributed by atoms with van der Waals surface area (Å²) in [6.45, 7) is 2.01. The Hall–Kier alpha value is 2.92. The number of hydrogen-bond donors (Lipinski definition) is 0. The van der Waals surface area contributed by atoms with Crippen LogP contribution in [0.5, 0.6) is 0 Å². The van der Waals surface area contributed by atoms with Gasteiger partial charge in [0.2, 0.25) is 0 Å². The zero-order chi connectivity index (χ0) is 7.33. The Morgan fingerprint density at radius 3 is 2.09 bits per heavy atom. The van der Waals surface area contributed by atoms with Gasteiger partial charge < -0.3 is 9.79 Å². The second-order valence-electron chi connectivity index (χ2n) is 1.63. The first-order valence-corrected chi connectivity index (χ1v) is 6.95. The molecular weight excluding hydrogens is 221 g/mol. The van der Waals surface area contributed by atoms with Gasteiger partial charge in [-0.15, -0.1) is 11.8 Å². The molecule has 0 aliphatic heterocycles. The predicted octanol–water partition coefficient (Wildman–Crippen LogP) is -5.53. The molecule has 0 spiro atoms. The van der Waals surface area contributed by atoms with E-state index in [2.05, 4.69) is 11.8 Å². The third-order valence-corrected chi connectivity index (χ3v) is 3.98. The summed E-state index contributed by atoms with van der Waals surface area (Å²) in [4.78, 5) is 20.6. The van der Waals surface area contributed by atoms with Gasteiger partial charge in [-0.25, -0.2) is 0 Å². The van der Waals surface area contributed by atoms with Crippen LogP contribution in [0.2, 0.25) is 0 Å². The zero-order valence-electron chi connectivity index (χ0n) is 7.20. The monoisotopic (exact) mass is 230 g/mol. The summed E-state index contributed by atoms with van der Waals surface area (Å²) in [5.74, 6) is 0.640. The first-order valence-electron chi connectivity index (χ1n) is 2.73. The van der Waals surface area contributed by atoms with Crippen LogP contribution in [-0.2, 0) is 11.8 Å². The van der Waals surface area contributed by atoms with Crippen molar-refractivity contribution in [1.29, 1.82) is 0 Å². The van der Waals surface area contributed by atoms with Crippen molar-refractivity contribution in [3.8, 4) is 0 Å². The van der Waals surface area contributed by atoms with E-state index in [0.29, 0.717) is 5.75 Å². The Kier molecular flexibility index (Phi) is 19.5. The Morgan fingerprint density at radius 1 is 1.36 bits per heavy atom. The third-order valence-electron chi connectivity index (χ3n) is 0.747. The van der Waals surface area contributed by atoms with E-state index in [1.807, 2.05) is 6.92 Å². The Labute approximate surface area is 121 Å². The predicted molar refractivity (Wildman–Crippen MR) is 41.7 cm³/mol. The van der Waals surface area contributed by atoms with Crippen LogP contribution < -0.4 is 68.9 Å². The largest absolute Gasteiger partial charge is 1.00 e. The van der Waals surface area contributed by atoms with Gasteiger partial charge in [-0.3, -0.25) is 0 Å². The molecule has 0 aromatic rings. The van der Waals surface area contributed by atoms with Crippen molar-refractivity contribution in [2.75, 3.05) is 5.75 Å². The fraction of sp³-hybridized carbons (Fsp3) is 1.00. The molecule has 0 saturated carbocycles. The number of rotatable bonds is 4. The number of unbranched alkanes of at least 4 members (excludes halogenated alkanes) is 1. The summed E-state index contributed by atoms with van der Waals surface area (Å²) in [5, 5.41) is 0. The van der Waals surface area contributed by atoms with Gasteiger partial charge in [-0.2, -0.15) is 17.1 Å². The average molecular weight is 230 g/mol. The average Bonchev–Trinajstić information content (AvgIpc) is 1.63. The van der Waals surface area contributed by atoms with Crippen LogP contribution in [0.25, 0.3) is 0 Å². The van der Waals surface area contributed by atoms with E-state index >= 15 is 0 Å². The smallest absolute Gasteiger partial charge is 0.825 e. The van der Waals surface area contributed by atoms with E-state index < -0.39 is 5.69 Å². The van der Waals surface area contributed by atoms with Crippen molar-refractivity contribution in [2.45, 2.75) is 19.8 Å². The zero-order valence-corrected chi connectivity index (χ0v) is 13.7. The maximum absolute atomic E-state index is 10.3. The van der Waals surface area contributed by atoms with E-state index in [1.54, 1.807) is 0 Å². The summed E-state index contributed by atoms with van der Waals surface area (Å²) >= 11 is 5.03. The Bertz CT molecular complexity index is 119. The molecule has 0 aliphatic rings. The molecular formula is C4H9Na2O2PS2. The van der Waals surface area contributed by atoms with Crippen molar-refractivity contribution in [3.05, 3.63) is 0 Å². The Morgan fingerprint density at radius 2 is 1.82 bits per heavy atom. The topological polar surface area (TPSA) is 46.1 Å². The van der Waals surface area contributed by atoms with E-state index in [9.17, 15) is 9.79 Å². The van der Waals surface area contributed by atoms with Crippen LogP contribution >= 0.6 is 17.1 Å². The minimum absolute atomic E-state index is 0. The van der Waals surface area contributed by atoms with Gasteiger partial charge in [0.15, 0.2) is 0 Å². The fourth-order valence-corrected chi connectivity index (χ4v) is 2.69. The van der Waals surface area contributed by atoms with Crippen LogP contribution in [0.4, 0.5) is 0 Å². The Balaban J connectivity index is -0.000000320. The molecule has 0 amide bonds. The van der Waals surface area contributed by atoms with Crippen LogP contribution in [0.1, 0.15) is 19.8 Å². The van der Waals surface area contributed by atoms with Gasteiger partial charge >= 0.3 is 59.1 Å². The van der Waals surface area contributed by atoms with Gasteiger partial charge in [0, 0.05) is 0 Å².